The standard InChI is InChI=1S/C18H24N6O3/c1-12(2)24-7-6-19-18(26)15(24)9-17(25)22-14-8-13(4-5-16(14)27-3)23-10-20-21-11-23/h4-5,8,10-12,15H,6-7,9H2,1-3H3,(H,19,26)(H,22,25). The van der Waals surface area contributed by atoms with Crippen molar-refractivity contribution in [2.45, 2.75) is 32.4 Å². The summed E-state index contributed by atoms with van der Waals surface area (Å²) in [6.07, 6.45) is 3.21. The summed E-state index contributed by atoms with van der Waals surface area (Å²) in [6, 6.07) is 5.08. The molecular formula is C18H24N6O3. The van der Waals surface area contributed by atoms with Gasteiger partial charge in [0.25, 0.3) is 0 Å². The van der Waals surface area contributed by atoms with Crippen molar-refractivity contribution in [3.8, 4) is 11.4 Å². The maximum absolute atomic E-state index is 12.7. The Bertz CT molecular complexity index is 805. The van der Waals surface area contributed by atoms with Crippen LogP contribution in [-0.4, -0.2) is 63.8 Å². The van der Waals surface area contributed by atoms with E-state index < -0.39 is 6.04 Å². The molecule has 1 aromatic heterocycles. The third kappa shape index (κ3) is 4.25. The summed E-state index contributed by atoms with van der Waals surface area (Å²) in [5.41, 5.74) is 1.32. The molecule has 0 bridgehead atoms. The van der Waals surface area contributed by atoms with E-state index in [1.165, 1.54) is 0 Å². The summed E-state index contributed by atoms with van der Waals surface area (Å²) < 4.78 is 7.07. The third-order valence-corrected chi connectivity index (χ3v) is 4.59. The van der Waals surface area contributed by atoms with Crippen molar-refractivity contribution in [1.29, 1.82) is 0 Å². The van der Waals surface area contributed by atoms with Crippen LogP contribution >= 0.6 is 0 Å². The van der Waals surface area contributed by atoms with Gasteiger partial charge in [-0.15, -0.1) is 10.2 Å². The molecule has 27 heavy (non-hydrogen) atoms. The van der Waals surface area contributed by atoms with Gasteiger partial charge in [-0.05, 0) is 32.0 Å². The lowest BCUT2D eigenvalue weighted by Gasteiger charge is -2.37. The van der Waals surface area contributed by atoms with Crippen LogP contribution in [0.2, 0.25) is 0 Å². The molecule has 1 fully saturated rings. The largest absolute Gasteiger partial charge is 0.495 e. The SMILES string of the molecule is COc1ccc(-n2cnnc2)cc1NC(=O)CC1C(=O)NCCN1C(C)C. The van der Waals surface area contributed by atoms with Crippen LogP contribution in [0.25, 0.3) is 5.69 Å². The zero-order valence-corrected chi connectivity index (χ0v) is 15.7. The highest BCUT2D eigenvalue weighted by Crippen LogP contribution is 2.27. The van der Waals surface area contributed by atoms with Gasteiger partial charge < -0.3 is 15.4 Å². The second kappa shape index (κ2) is 8.17. The monoisotopic (exact) mass is 372 g/mol. The van der Waals surface area contributed by atoms with Gasteiger partial charge in [0, 0.05) is 19.1 Å². The first-order valence-electron chi connectivity index (χ1n) is 8.86. The van der Waals surface area contributed by atoms with E-state index in [2.05, 4.69) is 20.8 Å². The molecule has 2 N–H and O–H groups in total. The Morgan fingerprint density at radius 3 is 2.78 bits per heavy atom. The molecule has 9 nitrogen and oxygen atoms in total. The summed E-state index contributed by atoms with van der Waals surface area (Å²) in [4.78, 5) is 27.0. The van der Waals surface area contributed by atoms with Gasteiger partial charge in [-0.2, -0.15) is 0 Å². The summed E-state index contributed by atoms with van der Waals surface area (Å²) in [5, 5.41) is 13.3. The van der Waals surface area contributed by atoms with E-state index in [4.69, 9.17) is 4.74 Å². The van der Waals surface area contributed by atoms with Gasteiger partial charge in [0.15, 0.2) is 0 Å². The third-order valence-electron chi connectivity index (χ3n) is 4.59. The first kappa shape index (κ1) is 18.8. The number of amides is 2. The molecule has 2 heterocycles. The Morgan fingerprint density at radius 1 is 1.37 bits per heavy atom. The molecule has 1 atom stereocenters. The van der Waals surface area contributed by atoms with Gasteiger partial charge in [-0.25, -0.2) is 0 Å². The van der Waals surface area contributed by atoms with Gasteiger partial charge >= 0.3 is 0 Å². The number of nitrogens with zero attached hydrogens (tertiary/aromatic N) is 4. The Hall–Kier alpha value is -2.94. The van der Waals surface area contributed by atoms with Crippen LogP contribution in [-0.2, 0) is 9.59 Å². The van der Waals surface area contributed by atoms with Crippen molar-refractivity contribution in [1.82, 2.24) is 25.0 Å². The molecule has 9 heteroatoms. The fraction of sp³-hybridized carbons (Fsp3) is 0.444. The molecule has 1 aliphatic heterocycles. The number of rotatable bonds is 6. The zero-order valence-electron chi connectivity index (χ0n) is 15.7. The topological polar surface area (TPSA) is 101 Å². The minimum Gasteiger partial charge on any atom is -0.495 e. The Labute approximate surface area is 157 Å². The van der Waals surface area contributed by atoms with Crippen LogP contribution in [0.3, 0.4) is 0 Å². The number of hydrogen-bond acceptors (Lipinski definition) is 6. The Balaban J connectivity index is 1.76. The molecule has 1 unspecified atom stereocenters. The number of carbonyl (C=O) groups is 2. The quantitative estimate of drug-likeness (QED) is 0.778. The van der Waals surface area contributed by atoms with Crippen molar-refractivity contribution in [3.05, 3.63) is 30.9 Å². The van der Waals surface area contributed by atoms with Crippen LogP contribution in [0.1, 0.15) is 20.3 Å². The maximum Gasteiger partial charge on any atom is 0.237 e. The minimum absolute atomic E-state index is 0.0734. The Morgan fingerprint density at radius 2 is 2.11 bits per heavy atom. The van der Waals surface area contributed by atoms with Gasteiger partial charge in [-0.3, -0.25) is 19.1 Å². The van der Waals surface area contributed by atoms with Crippen molar-refractivity contribution in [2.24, 2.45) is 0 Å². The van der Waals surface area contributed by atoms with Gasteiger partial charge in [0.05, 0.1) is 30.9 Å². The molecular weight excluding hydrogens is 348 g/mol. The van der Waals surface area contributed by atoms with Crippen LogP contribution in [0.15, 0.2) is 30.9 Å². The number of hydrogen-bond donors (Lipinski definition) is 2. The summed E-state index contributed by atoms with van der Waals surface area (Å²) in [5.74, 6) is 0.172. The number of aromatic nitrogens is 3. The fourth-order valence-electron chi connectivity index (χ4n) is 3.23. The van der Waals surface area contributed by atoms with E-state index >= 15 is 0 Å². The molecule has 0 spiro atoms. The fourth-order valence-corrected chi connectivity index (χ4v) is 3.23. The number of anilines is 1. The average molecular weight is 372 g/mol. The molecule has 1 aromatic carbocycles. The second-order valence-electron chi connectivity index (χ2n) is 6.64. The number of ether oxygens (including phenoxy) is 1. The van der Waals surface area contributed by atoms with Crippen LogP contribution < -0.4 is 15.4 Å². The molecule has 1 aliphatic rings. The van der Waals surface area contributed by atoms with E-state index in [0.29, 0.717) is 18.0 Å². The molecule has 2 amide bonds. The number of benzene rings is 1. The molecule has 2 aromatic rings. The normalized spacial score (nSPS) is 17.6. The zero-order chi connectivity index (χ0) is 19.4. The first-order chi connectivity index (χ1) is 13.0. The van der Waals surface area contributed by atoms with Crippen LogP contribution in [0, 0.1) is 0 Å². The van der Waals surface area contributed by atoms with E-state index in [9.17, 15) is 9.59 Å². The molecule has 1 saturated heterocycles. The molecule has 144 valence electrons. The average Bonchev–Trinajstić information content (AvgIpc) is 3.18. The molecule has 3 rings (SSSR count). The van der Waals surface area contributed by atoms with Crippen molar-refractivity contribution < 1.29 is 14.3 Å². The predicted molar refractivity (Wildman–Crippen MR) is 99.8 cm³/mol. The van der Waals surface area contributed by atoms with E-state index in [1.807, 2.05) is 24.8 Å². The second-order valence-corrected chi connectivity index (χ2v) is 6.64. The highest BCUT2D eigenvalue weighted by atomic mass is 16.5. The van der Waals surface area contributed by atoms with Crippen molar-refractivity contribution >= 4 is 17.5 Å². The number of nitrogens with one attached hydrogen (secondary N) is 2. The lowest BCUT2D eigenvalue weighted by molar-refractivity contribution is -0.133. The van der Waals surface area contributed by atoms with Gasteiger partial charge in [0.2, 0.25) is 11.8 Å². The van der Waals surface area contributed by atoms with Crippen LogP contribution in [0.5, 0.6) is 5.75 Å². The van der Waals surface area contributed by atoms with Crippen LogP contribution in [0.4, 0.5) is 5.69 Å². The minimum atomic E-state index is -0.481. The predicted octanol–water partition coefficient (Wildman–Crippen LogP) is 0.813. The van der Waals surface area contributed by atoms with Gasteiger partial charge in [-0.1, -0.05) is 0 Å². The lowest BCUT2D eigenvalue weighted by atomic mass is 10.1. The number of methoxy groups -OCH3 is 1. The van der Waals surface area contributed by atoms with E-state index in [0.717, 1.165) is 12.2 Å². The maximum atomic E-state index is 12.7. The van der Waals surface area contributed by atoms with E-state index in [-0.39, 0.29) is 24.3 Å². The number of piperazine rings is 1. The lowest BCUT2D eigenvalue weighted by Crippen LogP contribution is -2.58. The highest BCUT2D eigenvalue weighted by Gasteiger charge is 2.33. The van der Waals surface area contributed by atoms with E-state index in [1.54, 1.807) is 36.5 Å². The van der Waals surface area contributed by atoms with Gasteiger partial charge in [0.1, 0.15) is 18.4 Å². The molecule has 0 radical (unpaired) electrons. The summed E-state index contributed by atoms with van der Waals surface area (Å²) >= 11 is 0. The summed E-state index contributed by atoms with van der Waals surface area (Å²) in [7, 11) is 1.54. The molecule has 0 aliphatic carbocycles. The summed E-state index contributed by atoms with van der Waals surface area (Å²) in [6.45, 7) is 5.38. The molecule has 0 saturated carbocycles. The number of carbonyl (C=O) groups excluding carboxylic acids is 2. The van der Waals surface area contributed by atoms with Crippen molar-refractivity contribution in [3.63, 3.8) is 0 Å². The highest BCUT2D eigenvalue weighted by molar-refractivity contribution is 5.96. The first-order valence-corrected chi connectivity index (χ1v) is 8.86. The Kier molecular flexibility index (Phi) is 5.70. The van der Waals surface area contributed by atoms with Crippen molar-refractivity contribution in [2.75, 3.05) is 25.5 Å². The smallest absolute Gasteiger partial charge is 0.237 e.